The number of hydrogen-bond acceptors (Lipinski definition) is 7. The number of carbonyl (C=O) groups excluding carboxylic acids is 3. The Morgan fingerprint density at radius 3 is 2.05 bits per heavy atom. The molecular weight excluding hydrogens is 552 g/mol. The van der Waals surface area contributed by atoms with Gasteiger partial charge >= 0.3 is 24.1 Å². The number of benzene rings is 3. The number of hydrogen-bond donors (Lipinski definition) is 2. The lowest BCUT2D eigenvalue weighted by molar-refractivity contribution is -0.159. The highest BCUT2D eigenvalue weighted by atomic mass is 16.6. The molecule has 1 aliphatic carbocycles. The van der Waals surface area contributed by atoms with Crippen LogP contribution >= 0.6 is 0 Å². The van der Waals surface area contributed by atoms with Gasteiger partial charge in [-0.25, -0.2) is 19.2 Å². The second-order valence-electron chi connectivity index (χ2n) is 11.8. The number of nitrogens with one attached hydrogen (secondary N) is 1. The normalized spacial score (nSPS) is 19.2. The third-order valence-electron chi connectivity index (χ3n) is 7.57. The van der Waals surface area contributed by atoms with Crippen molar-refractivity contribution >= 4 is 24.1 Å². The zero-order valence-corrected chi connectivity index (χ0v) is 24.2. The standard InChI is InChI=1S/C33H34N2O8/c1-32(2,3)43-28(36)27-17-33(29(37)38,20-35(27)31(40)42-18-21-11-5-4-6-12-21)34-30(39)41-19-26-24-15-9-7-13-22(24)23-14-8-10-16-25(23)26/h4-16,26-27H,17-20H2,1-3H3,(H,34,39)(H,37,38). The van der Waals surface area contributed by atoms with Gasteiger partial charge in [0.15, 0.2) is 5.54 Å². The Morgan fingerprint density at radius 2 is 1.47 bits per heavy atom. The van der Waals surface area contributed by atoms with E-state index in [-0.39, 0.29) is 19.1 Å². The molecule has 2 unspecified atom stereocenters. The number of esters is 1. The molecule has 0 saturated carbocycles. The fourth-order valence-electron chi connectivity index (χ4n) is 5.61. The van der Waals surface area contributed by atoms with Crippen molar-refractivity contribution in [1.82, 2.24) is 10.2 Å². The first-order valence-corrected chi connectivity index (χ1v) is 14.0. The minimum absolute atomic E-state index is 0.0338. The van der Waals surface area contributed by atoms with Crippen LogP contribution in [-0.2, 0) is 30.4 Å². The number of alkyl carbamates (subject to hydrolysis) is 1. The lowest BCUT2D eigenvalue weighted by atomic mass is 9.96. The maximum atomic E-state index is 13.2. The Kier molecular flexibility index (Phi) is 8.12. The van der Waals surface area contributed by atoms with Crippen molar-refractivity contribution in [1.29, 1.82) is 0 Å². The predicted octanol–water partition coefficient (Wildman–Crippen LogP) is 5.10. The molecule has 1 fully saturated rings. The van der Waals surface area contributed by atoms with Crippen LogP contribution in [0.3, 0.4) is 0 Å². The Balaban J connectivity index is 1.32. The fraction of sp³-hybridized carbons (Fsp3) is 0.333. The van der Waals surface area contributed by atoms with Crippen LogP contribution in [0.4, 0.5) is 9.59 Å². The number of carbonyl (C=O) groups is 4. The molecule has 3 aromatic carbocycles. The summed E-state index contributed by atoms with van der Waals surface area (Å²) in [6, 6.07) is 23.3. The average molecular weight is 587 g/mol. The Labute approximate surface area is 249 Å². The summed E-state index contributed by atoms with van der Waals surface area (Å²) in [7, 11) is 0. The van der Waals surface area contributed by atoms with Crippen molar-refractivity contribution in [2.75, 3.05) is 13.2 Å². The number of fused-ring (bicyclic) bond motifs is 3. The molecule has 43 heavy (non-hydrogen) atoms. The molecule has 1 heterocycles. The quantitative estimate of drug-likeness (QED) is 0.289. The summed E-state index contributed by atoms with van der Waals surface area (Å²) >= 11 is 0. The fourth-order valence-corrected chi connectivity index (χ4v) is 5.61. The van der Waals surface area contributed by atoms with Crippen molar-refractivity contribution in [3.63, 3.8) is 0 Å². The third-order valence-corrected chi connectivity index (χ3v) is 7.57. The number of nitrogens with zero attached hydrogens (tertiary/aromatic N) is 1. The maximum absolute atomic E-state index is 13.2. The largest absolute Gasteiger partial charge is 0.479 e. The van der Waals surface area contributed by atoms with Gasteiger partial charge in [-0.3, -0.25) is 4.90 Å². The number of carboxylic acid groups (broad SMARTS) is 1. The van der Waals surface area contributed by atoms with Crippen LogP contribution in [-0.4, -0.2) is 64.5 Å². The molecule has 2 aliphatic rings. The molecule has 224 valence electrons. The van der Waals surface area contributed by atoms with Crippen LogP contribution < -0.4 is 5.32 Å². The number of ether oxygens (including phenoxy) is 3. The summed E-state index contributed by atoms with van der Waals surface area (Å²) in [5, 5.41) is 12.7. The van der Waals surface area contributed by atoms with Gasteiger partial charge in [0.2, 0.25) is 0 Å². The van der Waals surface area contributed by atoms with Crippen molar-refractivity contribution in [3.8, 4) is 11.1 Å². The van der Waals surface area contributed by atoms with Crippen molar-refractivity contribution in [2.45, 2.75) is 56.9 Å². The molecule has 0 bridgehead atoms. The molecule has 1 aliphatic heterocycles. The minimum atomic E-state index is -2.02. The number of amides is 2. The van der Waals surface area contributed by atoms with Crippen LogP contribution in [0.25, 0.3) is 11.1 Å². The minimum Gasteiger partial charge on any atom is -0.479 e. The van der Waals surface area contributed by atoms with Gasteiger partial charge in [0.25, 0.3) is 0 Å². The molecular formula is C33H34N2O8. The van der Waals surface area contributed by atoms with E-state index in [4.69, 9.17) is 14.2 Å². The lowest BCUT2D eigenvalue weighted by Crippen LogP contribution is -2.56. The number of likely N-dealkylation sites (tertiary alicyclic amines) is 1. The first kappa shape index (κ1) is 29.6. The van der Waals surface area contributed by atoms with E-state index in [0.29, 0.717) is 5.56 Å². The van der Waals surface area contributed by atoms with Gasteiger partial charge in [-0.15, -0.1) is 0 Å². The molecule has 0 aromatic heterocycles. The van der Waals surface area contributed by atoms with E-state index in [0.717, 1.165) is 27.2 Å². The van der Waals surface area contributed by atoms with Crippen molar-refractivity contribution < 1.29 is 38.5 Å². The summed E-state index contributed by atoms with van der Waals surface area (Å²) in [6.45, 7) is 4.35. The topological polar surface area (TPSA) is 131 Å². The van der Waals surface area contributed by atoms with Gasteiger partial charge < -0.3 is 24.6 Å². The van der Waals surface area contributed by atoms with Crippen molar-refractivity contribution in [3.05, 3.63) is 95.6 Å². The summed E-state index contributed by atoms with van der Waals surface area (Å²) in [4.78, 5) is 53.1. The highest BCUT2D eigenvalue weighted by Crippen LogP contribution is 2.44. The monoisotopic (exact) mass is 586 g/mol. The zero-order chi connectivity index (χ0) is 30.8. The van der Waals surface area contributed by atoms with Crippen LogP contribution in [0.5, 0.6) is 0 Å². The van der Waals surface area contributed by atoms with Gasteiger partial charge in [0.1, 0.15) is 24.9 Å². The van der Waals surface area contributed by atoms with E-state index in [2.05, 4.69) is 5.32 Å². The van der Waals surface area contributed by atoms with Gasteiger partial charge in [0, 0.05) is 12.3 Å². The van der Waals surface area contributed by atoms with E-state index >= 15 is 0 Å². The van der Waals surface area contributed by atoms with E-state index in [1.165, 1.54) is 0 Å². The molecule has 2 N–H and O–H groups in total. The summed E-state index contributed by atoms with van der Waals surface area (Å²) in [5.74, 6) is -2.46. The Hall–Kier alpha value is -4.86. The highest BCUT2D eigenvalue weighted by Gasteiger charge is 2.56. The molecule has 3 aromatic rings. The molecule has 0 spiro atoms. The van der Waals surface area contributed by atoms with Crippen LogP contribution in [0.1, 0.15) is 49.8 Å². The summed E-state index contributed by atoms with van der Waals surface area (Å²) in [5.41, 5.74) is 1.90. The number of aliphatic carboxylic acids is 1. The maximum Gasteiger partial charge on any atom is 0.410 e. The third kappa shape index (κ3) is 6.33. The zero-order valence-electron chi connectivity index (χ0n) is 24.2. The number of carboxylic acids is 1. The smallest absolute Gasteiger partial charge is 0.410 e. The summed E-state index contributed by atoms with van der Waals surface area (Å²) in [6.07, 6.45) is -2.31. The number of rotatable bonds is 7. The van der Waals surface area contributed by atoms with E-state index in [1.807, 2.05) is 54.6 Å². The van der Waals surface area contributed by atoms with Crippen LogP contribution in [0.15, 0.2) is 78.9 Å². The van der Waals surface area contributed by atoms with E-state index in [9.17, 15) is 24.3 Å². The Bertz CT molecular complexity index is 1490. The average Bonchev–Trinajstić information content (AvgIpc) is 3.52. The van der Waals surface area contributed by atoms with Gasteiger partial charge in [-0.2, -0.15) is 0 Å². The SMILES string of the molecule is CC(C)(C)OC(=O)C1CC(NC(=O)OCC2c3ccccc3-c3ccccc32)(C(=O)O)CN1C(=O)OCc1ccccc1. The van der Waals surface area contributed by atoms with Crippen LogP contribution in [0.2, 0.25) is 0 Å². The van der Waals surface area contributed by atoms with E-state index < -0.39 is 54.3 Å². The first-order chi connectivity index (χ1) is 20.5. The second-order valence-corrected chi connectivity index (χ2v) is 11.8. The molecule has 2 atom stereocenters. The molecule has 5 rings (SSSR count). The summed E-state index contributed by atoms with van der Waals surface area (Å²) < 4.78 is 16.5. The first-order valence-electron chi connectivity index (χ1n) is 14.0. The van der Waals surface area contributed by atoms with Gasteiger partial charge in [0.05, 0.1) is 6.54 Å². The Morgan fingerprint density at radius 1 is 0.884 bits per heavy atom. The molecule has 0 radical (unpaired) electrons. The predicted molar refractivity (Wildman–Crippen MR) is 156 cm³/mol. The molecule has 10 nitrogen and oxygen atoms in total. The van der Waals surface area contributed by atoms with E-state index in [1.54, 1.807) is 45.0 Å². The van der Waals surface area contributed by atoms with Crippen LogP contribution in [0, 0.1) is 0 Å². The molecule has 1 saturated heterocycles. The highest BCUT2D eigenvalue weighted by molar-refractivity contribution is 5.91. The van der Waals surface area contributed by atoms with Gasteiger partial charge in [-0.1, -0.05) is 78.9 Å². The van der Waals surface area contributed by atoms with Crippen molar-refractivity contribution in [2.24, 2.45) is 0 Å². The molecule has 2 amide bonds. The molecule has 10 heteroatoms. The second kappa shape index (κ2) is 11.8. The van der Waals surface area contributed by atoms with Gasteiger partial charge in [-0.05, 0) is 48.6 Å². The lowest BCUT2D eigenvalue weighted by Gasteiger charge is -2.26.